The Bertz CT molecular complexity index is 1660. The molecule has 0 saturated carbocycles. The standard InChI is InChI=1S/C33H31F3N4O2/c1-32(2,21-41-3)24-12-14-25(15-13-24)38-31-26-16-11-23(30-27(33(34,35)36)10-7-17-37-30)18-28(26)39-29(40-31)20-42-19-22-8-5-4-6-9-22/h4-18H,19-21H2,1-3H3,(H,38,39,40). The second-order valence-corrected chi connectivity index (χ2v) is 10.6. The first kappa shape index (κ1) is 29.2. The number of hydrogen-bond acceptors (Lipinski definition) is 6. The lowest BCUT2D eigenvalue weighted by molar-refractivity contribution is -0.137. The molecule has 0 bridgehead atoms. The van der Waals surface area contributed by atoms with E-state index in [2.05, 4.69) is 29.1 Å². The van der Waals surface area contributed by atoms with Gasteiger partial charge >= 0.3 is 6.18 Å². The fraction of sp³-hybridized carbons (Fsp3) is 0.242. The van der Waals surface area contributed by atoms with Crippen molar-refractivity contribution in [2.75, 3.05) is 19.0 Å². The lowest BCUT2D eigenvalue weighted by Gasteiger charge is -2.24. The minimum Gasteiger partial charge on any atom is -0.384 e. The van der Waals surface area contributed by atoms with E-state index < -0.39 is 11.7 Å². The van der Waals surface area contributed by atoms with Crippen LogP contribution in [0.2, 0.25) is 0 Å². The van der Waals surface area contributed by atoms with Gasteiger partial charge in [-0.3, -0.25) is 4.98 Å². The van der Waals surface area contributed by atoms with Crippen LogP contribution < -0.4 is 5.32 Å². The third-order valence-corrected chi connectivity index (χ3v) is 6.91. The average molecular weight is 573 g/mol. The van der Waals surface area contributed by atoms with Crippen LogP contribution in [-0.2, 0) is 34.3 Å². The summed E-state index contributed by atoms with van der Waals surface area (Å²) in [5.74, 6) is 0.916. The van der Waals surface area contributed by atoms with Crippen LogP contribution in [0.1, 0.15) is 36.4 Å². The smallest absolute Gasteiger partial charge is 0.384 e. The number of benzene rings is 3. The van der Waals surface area contributed by atoms with E-state index in [9.17, 15) is 13.2 Å². The molecule has 6 nitrogen and oxygen atoms in total. The molecule has 0 aliphatic carbocycles. The first-order valence-electron chi connectivity index (χ1n) is 13.5. The van der Waals surface area contributed by atoms with Crippen molar-refractivity contribution >= 4 is 22.4 Å². The fourth-order valence-corrected chi connectivity index (χ4v) is 4.77. The summed E-state index contributed by atoms with van der Waals surface area (Å²) in [6.07, 6.45) is -3.19. The number of methoxy groups -OCH3 is 1. The number of hydrogen-bond donors (Lipinski definition) is 1. The number of ether oxygens (including phenoxy) is 2. The number of fused-ring (bicyclic) bond motifs is 1. The highest BCUT2D eigenvalue weighted by Gasteiger charge is 2.34. The largest absolute Gasteiger partial charge is 0.418 e. The Kier molecular flexibility index (Phi) is 8.51. The van der Waals surface area contributed by atoms with Gasteiger partial charge in [-0.25, -0.2) is 9.97 Å². The summed E-state index contributed by atoms with van der Waals surface area (Å²) in [4.78, 5) is 13.4. The van der Waals surface area contributed by atoms with E-state index in [0.717, 1.165) is 22.9 Å². The molecule has 5 rings (SSSR count). The van der Waals surface area contributed by atoms with Crippen LogP contribution in [-0.4, -0.2) is 28.7 Å². The summed E-state index contributed by atoms with van der Waals surface area (Å²) in [7, 11) is 1.68. The highest BCUT2D eigenvalue weighted by molar-refractivity contribution is 5.93. The van der Waals surface area contributed by atoms with E-state index in [-0.39, 0.29) is 17.7 Å². The first-order valence-corrected chi connectivity index (χ1v) is 13.5. The Balaban J connectivity index is 1.51. The molecular weight excluding hydrogens is 541 g/mol. The van der Waals surface area contributed by atoms with Crippen LogP contribution in [0.5, 0.6) is 0 Å². The van der Waals surface area contributed by atoms with Crippen LogP contribution in [0, 0.1) is 0 Å². The third kappa shape index (κ3) is 6.75. The molecule has 0 saturated heterocycles. The van der Waals surface area contributed by atoms with Gasteiger partial charge < -0.3 is 14.8 Å². The lowest BCUT2D eigenvalue weighted by Crippen LogP contribution is -2.23. The molecule has 0 aliphatic rings. The Hall–Kier alpha value is -4.34. The number of aromatic nitrogens is 3. The van der Waals surface area contributed by atoms with E-state index in [1.54, 1.807) is 25.3 Å². The van der Waals surface area contributed by atoms with E-state index in [1.165, 1.54) is 12.3 Å². The number of halogens is 3. The number of nitrogens with one attached hydrogen (secondary N) is 1. The third-order valence-electron chi connectivity index (χ3n) is 6.91. The molecule has 9 heteroatoms. The number of anilines is 2. The SMILES string of the molecule is COCC(C)(C)c1ccc(Nc2nc(COCc3ccccc3)nc3cc(-c4ncccc4C(F)(F)F)ccc23)cc1. The van der Waals surface area contributed by atoms with E-state index in [1.807, 2.05) is 54.6 Å². The number of alkyl halides is 3. The predicted molar refractivity (Wildman–Crippen MR) is 157 cm³/mol. The lowest BCUT2D eigenvalue weighted by atomic mass is 9.85. The summed E-state index contributed by atoms with van der Waals surface area (Å²) in [5.41, 5.74) is 2.59. The first-order chi connectivity index (χ1) is 20.1. The Morgan fingerprint density at radius 2 is 1.60 bits per heavy atom. The molecule has 0 unspecified atom stereocenters. The Morgan fingerprint density at radius 3 is 2.31 bits per heavy atom. The van der Waals surface area contributed by atoms with Crippen molar-refractivity contribution < 1.29 is 22.6 Å². The fourth-order valence-electron chi connectivity index (χ4n) is 4.77. The van der Waals surface area contributed by atoms with Gasteiger partial charge in [0.1, 0.15) is 12.4 Å². The van der Waals surface area contributed by atoms with Crippen molar-refractivity contribution in [3.63, 3.8) is 0 Å². The second-order valence-electron chi connectivity index (χ2n) is 10.6. The van der Waals surface area contributed by atoms with Crippen molar-refractivity contribution in [1.82, 2.24) is 15.0 Å². The Morgan fingerprint density at radius 1 is 0.833 bits per heavy atom. The molecule has 5 aromatic rings. The number of rotatable bonds is 10. The molecule has 42 heavy (non-hydrogen) atoms. The zero-order valence-corrected chi connectivity index (χ0v) is 23.6. The molecule has 0 amide bonds. The molecule has 0 atom stereocenters. The highest BCUT2D eigenvalue weighted by atomic mass is 19.4. The monoisotopic (exact) mass is 572 g/mol. The zero-order valence-electron chi connectivity index (χ0n) is 23.6. The van der Waals surface area contributed by atoms with Gasteiger partial charge in [0, 0.05) is 35.4 Å². The van der Waals surface area contributed by atoms with Gasteiger partial charge in [0.25, 0.3) is 0 Å². The Labute approximate surface area is 242 Å². The van der Waals surface area contributed by atoms with Gasteiger partial charge in [-0.05, 0) is 47.5 Å². The molecule has 3 aromatic carbocycles. The van der Waals surface area contributed by atoms with Gasteiger partial charge in [0.05, 0.1) is 30.0 Å². The molecule has 0 fully saturated rings. The number of nitrogens with zero attached hydrogens (tertiary/aromatic N) is 3. The van der Waals surface area contributed by atoms with Crippen molar-refractivity contribution in [3.05, 3.63) is 114 Å². The summed E-state index contributed by atoms with van der Waals surface area (Å²) in [6, 6.07) is 25.0. The van der Waals surface area contributed by atoms with Crippen LogP contribution in [0.4, 0.5) is 24.7 Å². The van der Waals surface area contributed by atoms with Crippen molar-refractivity contribution in [2.24, 2.45) is 0 Å². The molecular formula is C33H31F3N4O2. The second kappa shape index (κ2) is 12.3. The molecule has 0 spiro atoms. The summed E-state index contributed by atoms with van der Waals surface area (Å²) < 4.78 is 52.5. The maximum Gasteiger partial charge on any atom is 0.418 e. The van der Waals surface area contributed by atoms with Gasteiger partial charge in [-0.2, -0.15) is 13.2 Å². The van der Waals surface area contributed by atoms with Crippen LogP contribution in [0.3, 0.4) is 0 Å². The quantitative estimate of drug-likeness (QED) is 0.182. The highest BCUT2D eigenvalue weighted by Crippen LogP contribution is 2.37. The van der Waals surface area contributed by atoms with E-state index >= 15 is 0 Å². The maximum absolute atomic E-state index is 13.7. The summed E-state index contributed by atoms with van der Waals surface area (Å²) in [5, 5.41) is 4.02. The van der Waals surface area contributed by atoms with Crippen molar-refractivity contribution in [2.45, 2.75) is 38.7 Å². The molecule has 0 aliphatic heterocycles. The maximum atomic E-state index is 13.7. The molecule has 0 radical (unpaired) electrons. The van der Waals surface area contributed by atoms with Crippen LogP contribution in [0.25, 0.3) is 22.2 Å². The summed E-state index contributed by atoms with van der Waals surface area (Å²) in [6.45, 7) is 5.29. The van der Waals surface area contributed by atoms with Crippen molar-refractivity contribution in [3.8, 4) is 11.3 Å². The van der Waals surface area contributed by atoms with Gasteiger partial charge in [0.15, 0.2) is 5.82 Å². The molecule has 2 heterocycles. The molecule has 1 N–H and O–H groups in total. The molecule has 2 aromatic heterocycles. The molecule has 216 valence electrons. The predicted octanol–water partition coefficient (Wildman–Crippen LogP) is 8.10. The number of pyridine rings is 1. The van der Waals surface area contributed by atoms with Crippen molar-refractivity contribution in [1.29, 1.82) is 0 Å². The van der Waals surface area contributed by atoms with Gasteiger partial charge in [0.2, 0.25) is 0 Å². The topological polar surface area (TPSA) is 69.2 Å². The minimum absolute atomic E-state index is 0.116. The van der Waals surface area contributed by atoms with Gasteiger partial charge in [-0.15, -0.1) is 0 Å². The normalized spacial score (nSPS) is 12.0. The van der Waals surface area contributed by atoms with Gasteiger partial charge in [-0.1, -0.05) is 62.4 Å². The minimum atomic E-state index is -4.54. The van der Waals surface area contributed by atoms with E-state index in [4.69, 9.17) is 14.5 Å². The van der Waals surface area contributed by atoms with E-state index in [0.29, 0.717) is 41.3 Å². The van der Waals surface area contributed by atoms with Crippen LogP contribution >= 0.6 is 0 Å². The average Bonchev–Trinajstić information content (AvgIpc) is 2.97. The zero-order chi connectivity index (χ0) is 29.7. The summed E-state index contributed by atoms with van der Waals surface area (Å²) >= 11 is 0. The van der Waals surface area contributed by atoms with Crippen LogP contribution in [0.15, 0.2) is 91.1 Å².